The van der Waals surface area contributed by atoms with Gasteiger partial charge in [-0.3, -0.25) is 0 Å². The molecular weight excluding hydrogens is 424 g/mol. The van der Waals surface area contributed by atoms with Gasteiger partial charge in [-0.2, -0.15) is 10.5 Å². The van der Waals surface area contributed by atoms with Crippen molar-refractivity contribution in [1.29, 1.82) is 10.5 Å². The largest absolute Gasteiger partial charge is 0.493 e. The first kappa shape index (κ1) is 24.7. The van der Waals surface area contributed by atoms with Crippen molar-refractivity contribution in [3.8, 4) is 23.6 Å². The van der Waals surface area contributed by atoms with Crippen LogP contribution < -0.4 is 9.47 Å². The van der Waals surface area contributed by atoms with Gasteiger partial charge in [0, 0.05) is 6.42 Å². The van der Waals surface area contributed by atoms with Gasteiger partial charge >= 0.3 is 11.9 Å². The van der Waals surface area contributed by atoms with Crippen LogP contribution >= 0.6 is 0 Å². The molecule has 8 nitrogen and oxygen atoms in total. The van der Waals surface area contributed by atoms with Crippen LogP contribution in [0.3, 0.4) is 0 Å². The van der Waals surface area contributed by atoms with Crippen LogP contribution in [-0.2, 0) is 19.1 Å². The molecule has 0 unspecified atom stereocenters. The van der Waals surface area contributed by atoms with Crippen LogP contribution in [0.2, 0.25) is 0 Å². The molecule has 0 aromatic heterocycles. The predicted octanol–water partition coefficient (Wildman–Crippen LogP) is 3.69. The van der Waals surface area contributed by atoms with Crippen LogP contribution in [-0.4, -0.2) is 39.4 Å². The predicted molar refractivity (Wildman–Crippen MR) is 120 cm³/mol. The molecule has 168 valence electrons. The van der Waals surface area contributed by atoms with Crippen molar-refractivity contribution in [2.45, 2.75) is 6.42 Å². The fourth-order valence-electron chi connectivity index (χ4n) is 2.59. The molecule has 0 fully saturated rings. The number of benzene rings is 2. The molecule has 0 aliphatic carbocycles. The van der Waals surface area contributed by atoms with Gasteiger partial charge in [0.1, 0.15) is 34.8 Å². The Morgan fingerprint density at radius 3 is 1.39 bits per heavy atom. The summed E-state index contributed by atoms with van der Waals surface area (Å²) in [5.41, 5.74) is 1.20. The Morgan fingerprint density at radius 2 is 1.09 bits per heavy atom. The lowest BCUT2D eigenvalue weighted by Crippen LogP contribution is -2.05. The summed E-state index contributed by atoms with van der Waals surface area (Å²) in [5.74, 6) is -0.0633. The summed E-state index contributed by atoms with van der Waals surface area (Å²) in [6.07, 6.45) is 3.54. The van der Waals surface area contributed by atoms with Gasteiger partial charge in [0.15, 0.2) is 0 Å². The number of methoxy groups -OCH3 is 2. The van der Waals surface area contributed by atoms with Crippen molar-refractivity contribution < 1.29 is 28.5 Å². The van der Waals surface area contributed by atoms with E-state index in [0.29, 0.717) is 42.3 Å². The van der Waals surface area contributed by atoms with Crippen molar-refractivity contribution in [1.82, 2.24) is 0 Å². The number of rotatable bonds is 10. The number of hydrogen-bond donors (Lipinski definition) is 0. The Kier molecular flexibility index (Phi) is 9.72. The number of carbonyl (C=O) groups is 2. The van der Waals surface area contributed by atoms with E-state index in [9.17, 15) is 9.59 Å². The second-order valence-electron chi connectivity index (χ2n) is 6.51. The summed E-state index contributed by atoms with van der Waals surface area (Å²) >= 11 is 0. The van der Waals surface area contributed by atoms with Crippen LogP contribution in [0, 0.1) is 22.7 Å². The summed E-state index contributed by atoms with van der Waals surface area (Å²) in [6, 6.07) is 17.5. The third-order valence-electron chi connectivity index (χ3n) is 4.26. The van der Waals surface area contributed by atoms with Crippen LogP contribution in [0.1, 0.15) is 17.5 Å². The van der Waals surface area contributed by atoms with Gasteiger partial charge < -0.3 is 18.9 Å². The molecule has 0 atom stereocenters. The topological polar surface area (TPSA) is 119 Å². The van der Waals surface area contributed by atoms with Crippen molar-refractivity contribution in [2.24, 2.45) is 0 Å². The molecule has 33 heavy (non-hydrogen) atoms. The monoisotopic (exact) mass is 446 g/mol. The van der Waals surface area contributed by atoms with Crippen molar-refractivity contribution in [2.75, 3.05) is 27.4 Å². The smallest absolute Gasteiger partial charge is 0.348 e. The summed E-state index contributed by atoms with van der Waals surface area (Å²) in [6.45, 7) is 0.874. The summed E-state index contributed by atoms with van der Waals surface area (Å²) in [5, 5.41) is 18.0. The number of carbonyl (C=O) groups excluding carboxylic acids is 2. The molecule has 0 heterocycles. The lowest BCUT2D eigenvalue weighted by atomic mass is 10.1. The number of hydrogen-bond acceptors (Lipinski definition) is 8. The van der Waals surface area contributed by atoms with E-state index < -0.39 is 11.9 Å². The number of nitriles is 2. The quantitative estimate of drug-likeness (QED) is 0.235. The molecule has 0 saturated carbocycles. The maximum absolute atomic E-state index is 11.4. The lowest BCUT2D eigenvalue weighted by Gasteiger charge is -2.08. The van der Waals surface area contributed by atoms with E-state index >= 15 is 0 Å². The van der Waals surface area contributed by atoms with Gasteiger partial charge in [-0.25, -0.2) is 9.59 Å². The third-order valence-corrected chi connectivity index (χ3v) is 4.26. The van der Waals surface area contributed by atoms with E-state index in [1.165, 1.54) is 26.4 Å². The minimum absolute atomic E-state index is 0.0821. The van der Waals surface area contributed by atoms with Gasteiger partial charge in [0.05, 0.1) is 27.4 Å². The highest BCUT2D eigenvalue weighted by Gasteiger charge is 2.09. The fraction of sp³-hybridized carbons (Fsp3) is 0.200. The zero-order valence-corrected chi connectivity index (χ0v) is 18.2. The SMILES string of the molecule is COC(=O)C(C#N)=Cc1ccc(OCCCOc2ccc(C=C(C#N)C(=O)OC)cc2)cc1. The van der Waals surface area contributed by atoms with Gasteiger partial charge in [0.25, 0.3) is 0 Å². The van der Waals surface area contributed by atoms with Crippen molar-refractivity contribution in [3.05, 3.63) is 70.8 Å². The minimum Gasteiger partial charge on any atom is -0.493 e. The lowest BCUT2D eigenvalue weighted by molar-refractivity contribution is -0.136. The van der Waals surface area contributed by atoms with Gasteiger partial charge in [-0.15, -0.1) is 0 Å². The molecule has 0 amide bonds. The normalized spacial score (nSPS) is 11.0. The first-order valence-electron chi connectivity index (χ1n) is 9.86. The fourth-order valence-corrected chi connectivity index (χ4v) is 2.59. The van der Waals surface area contributed by atoms with E-state index in [1.807, 2.05) is 0 Å². The molecule has 2 rings (SSSR count). The molecule has 0 aliphatic rings. The van der Waals surface area contributed by atoms with E-state index in [1.54, 1.807) is 60.7 Å². The Morgan fingerprint density at radius 1 is 0.727 bits per heavy atom. The van der Waals surface area contributed by atoms with E-state index in [4.69, 9.17) is 20.0 Å². The molecule has 0 bridgehead atoms. The van der Waals surface area contributed by atoms with Crippen molar-refractivity contribution >= 4 is 24.1 Å². The van der Waals surface area contributed by atoms with E-state index in [-0.39, 0.29) is 11.1 Å². The Bertz CT molecular complexity index is 1010. The minimum atomic E-state index is -0.683. The highest BCUT2D eigenvalue weighted by atomic mass is 16.5. The molecule has 2 aromatic rings. The Balaban J connectivity index is 1.78. The molecule has 8 heteroatoms. The Labute approximate surface area is 191 Å². The highest BCUT2D eigenvalue weighted by Crippen LogP contribution is 2.17. The molecule has 0 spiro atoms. The number of esters is 2. The van der Waals surface area contributed by atoms with Gasteiger partial charge in [-0.05, 0) is 47.5 Å². The molecule has 0 aliphatic heterocycles. The van der Waals surface area contributed by atoms with Crippen molar-refractivity contribution in [3.63, 3.8) is 0 Å². The molecule has 2 aromatic carbocycles. The first-order chi connectivity index (χ1) is 16.0. The maximum atomic E-state index is 11.4. The van der Waals surface area contributed by atoms with E-state index in [2.05, 4.69) is 9.47 Å². The van der Waals surface area contributed by atoms with Gasteiger partial charge in [-0.1, -0.05) is 24.3 Å². The second kappa shape index (κ2) is 13.0. The second-order valence-corrected chi connectivity index (χ2v) is 6.51. The number of nitrogens with zero attached hydrogens (tertiary/aromatic N) is 2. The molecular formula is C25H22N2O6. The standard InChI is InChI=1S/C25H22N2O6/c1-30-24(28)20(16-26)14-18-4-8-22(9-5-18)32-12-3-13-33-23-10-6-19(7-11-23)15-21(17-27)25(29)31-2/h4-11,14-15H,3,12-13H2,1-2H3. The van der Waals surface area contributed by atoms with Crippen LogP contribution in [0.15, 0.2) is 59.7 Å². The van der Waals surface area contributed by atoms with E-state index in [0.717, 1.165) is 0 Å². The summed E-state index contributed by atoms with van der Waals surface area (Å²) < 4.78 is 20.4. The summed E-state index contributed by atoms with van der Waals surface area (Å²) in [4.78, 5) is 22.9. The maximum Gasteiger partial charge on any atom is 0.348 e. The third kappa shape index (κ3) is 7.89. The average molecular weight is 446 g/mol. The highest BCUT2D eigenvalue weighted by molar-refractivity contribution is 5.98. The molecule has 0 N–H and O–H groups in total. The number of ether oxygens (including phenoxy) is 4. The van der Waals surface area contributed by atoms with Gasteiger partial charge in [0.2, 0.25) is 0 Å². The zero-order chi connectivity index (χ0) is 24.1. The zero-order valence-electron chi connectivity index (χ0n) is 18.2. The average Bonchev–Trinajstić information content (AvgIpc) is 2.86. The van der Waals surface area contributed by atoms with Crippen LogP contribution in [0.5, 0.6) is 11.5 Å². The van der Waals surface area contributed by atoms with Crippen LogP contribution in [0.4, 0.5) is 0 Å². The summed E-state index contributed by atoms with van der Waals surface area (Å²) in [7, 11) is 2.44. The molecule has 0 radical (unpaired) electrons. The molecule has 0 saturated heterocycles. The Hall–Kier alpha value is -4.56. The van der Waals surface area contributed by atoms with Crippen LogP contribution in [0.25, 0.3) is 12.2 Å². The first-order valence-corrected chi connectivity index (χ1v) is 9.86.